The van der Waals surface area contributed by atoms with Crippen LogP contribution in [0.5, 0.6) is 0 Å². The summed E-state index contributed by atoms with van der Waals surface area (Å²) >= 11 is 0. The number of benzene rings is 1. The summed E-state index contributed by atoms with van der Waals surface area (Å²) in [5, 5.41) is 33.5. The molecule has 0 aliphatic rings. The Bertz CT molecular complexity index is 771. The molecule has 1 aromatic carbocycles. The summed E-state index contributed by atoms with van der Waals surface area (Å²) in [6.07, 6.45) is -0.768. The van der Waals surface area contributed by atoms with Gasteiger partial charge < -0.3 is 37.0 Å². The van der Waals surface area contributed by atoms with Gasteiger partial charge in [0.1, 0.15) is 18.1 Å². The first-order chi connectivity index (χ1) is 14.1. The average molecular weight is 424 g/mol. The molecule has 1 aromatic rings. The summed E-state index contributed by atoms with van der Waals surface area (Å²) < 4.78 is 0. The van der Waals surface area contributed by atoms with Crippen LogP contribution in [0.25, 0.3) is 0 Å². The maximum atomic E-state index is 12.2. The van der Waals surface area contributed by atoms with Crippen LogP contribution >= 0.6 is 0 Å². The standard InChI is InChI=1S/C18H24N4O8/c19-11(9-23)16(27)22-12(7-15(25)26)17(28)20-8-14(24)21-13(18(29)30)6-10-4-2-1-3-5-10/h1-5,11-13,23H,6-9,19H2,(H,20,28)(H,21,24)(H,22,27)(H,25,26)(H,29,30). The lowest BCUT2D eigenvalue weighted by atomic mass is 10.1. The van der Waals surface area contributed by atoms with E-state index in [2.05, 4.69) is 16.0 Å². The maximum Gasteiger partial charge on any atom is 0.326 e. The molecule has 0 aromatic heterocycles. The summed E-state index contributed by atoms with van der Waals surface area (Å²) in [5.41, 5.74) is 5.98. The number of amides is 3. The zero-order valence-electron chi connectivity index (χ0n) is 15.9. The summed E-state index contributed by atoms with van der Waals surface area (Å²) in [7, 11) is 0. The van der Waals surface area contributed by atoms with Gasteiger partial charge in [-0.05, 0) is 5.56 Å². The van der Waals surface area contributed by atoms with Gasteiger partial charge in [0.15, 0.2) is 0 Å². The Morgan fingerprint density at radius 3 is 2.10 bits per heavy atom. The minimum atomic E-state index is -1.54. The van der Waals surface area contributed by atoms with Crippen LogP contribution in [0.4, 0.5) is 0 Å². The van der Waals surface area contributed by atoms with Crippen molar-refractivity contribution >= 4 is 29.7 Å². The third kappa shape index (κ3) is 8.67. The van der Waals surface area contributed by atoms with Gasteiger partial charge in [0.05, 0.1) is 19.6 Å². The third-order valence-electron chi connectivity index (χ3n) is 3.88. The molecule has 12 nitrogen and oxygen atoms in total. The molecule has 0 saturated carbocycles. The van der Waals surface area contributed by atoms with E-state index in [1.165, 1.54) is 0 Å². The van der Waals surface area contributed by atoms with Gasteiger partial charge in [-0.2, -0.15) is 0 Å². The number of rotatable bonds is 12. The van der Waals surface area contributed by atoms with E-state index in [9.17, 15) is 29.1 Å². The van der Waals surface area contributed by atoms with Gasteiger partial charge in [0.25, 0.3) is 0 Å². The SMILES string of the molecule is NC(CO)C(=O)NC(CC(=O)O)C(=O)NCC(=O)NC(Cc1ccccc1)C(=O)O. The highest BCUT2D eigenvalue weighted by atomic mass is 16.4. The highest BCUT2D eigenvalue weighted by Crippen LogP contribution is 2.03. The number of carboxylic acids is 2. The molecule has 0 saturated heterocycles. The first-order valence-corrected chi connectivity index (χ1v) is 8.86. The Kier molecular flexibility index (Phi) is 9.92. The largest absolute Gasteiger partial charge is 0.481 e. The number of aliphatic hydroxyl groups excluding tert-OH is 1. The number of nitrogens with two attached hydrogens (primary N) is 1. The highest BCUT2D eigenvalue weighted by Gasteiger charge is 2.27. The molecular formula is C18H24N4O8. The molecule has 164 valence electrons. The van der Waals surface area contributed by atoms with Crippen molar-refractivity contribution in [3.63, 3.8) is 0 Å². The molecule has 1 rings (SSSR count). The molecule has 0 heterocycles. The second kappa shape index (κ2) is 12.1. The van der Waals surface area contributed by atoms with Crippen LogP contribution in [-0.2, 0) is 30.4 Å². The fourth-order valence-electron chi connectivity index (χ4n) is 2.33. The lowest BCUT2D eigenvalue weighted by Gasteiger charge is -2.19. The summed E-state index contributed by atoms with van der Waals surface area (Å²) in [6, 6.07) is 4.44. The minimum absolute atomic E-state index is 0.0204. The fraction of sp³-hybridized carbons (Fsp3) is 0.389. The molecule has 8 N–H and O–H groups in total. The van der Waals surface area contributed by atoms with Gasteiger partial charge in [-0.25, -0.2) is 4.79 Å². The van der Waals surface area contributed by atoms with Crippen molar-refractivity contribution in [2.75, 3.05) is 13.2 Å². The van der Waals surface area contributed by atoms with Crippen LogP contribution in [0.1, 0.15) is 12.0 Å². The van der Waals surface area contributed by atoms with Crippen molar-refractivity contribution < 1.29 is 39.3 Å². The maximum absolute atomic E-state index is 12.2. The Balaban J connectivity index is 2.65. The van der Waals surface area contributed by atoms with Gasteiger partial charge in [-0.1, -0.05) is 30.3 Å². The smallest absolute Gasteiger partial charge is 0.326 e. The van der Waals surface area contributed by atoms with Crippen molar-refractivity contribution in [2.45, 2.75) is 31.0 Å². The predicted octanol–water partition coefficient (Wildman–Crippen LogP) is -2.81. The van der Waals surface area contributed by atoms with Crippen molar-refractivity contribution in [3.05, 3.63) is 35.9 Å². The monoisotopic (exact) mass is 424 g/mol. The van der Waals surface area contributed by atoms with Crippen LogP contribution in [-0.4, -0.2) is 76.3 Å². The molecule has 3 atom stereocenters. The number of hydrogen-bond acceptors (Lipinski definition) is 7. The number of nitrogens with one attached hydrogen (secondary N) is 3. The van der Waals surface area contributed by atoms with Crippen molar-refractivity contribution in [1.29, 1.82) is 0 Å². The highest BCUT2D eigenvalue weighted by molar-refractivity contribution is 5.94. The second-order valence-corrected chi connectivity index (χ2v) is 6.31. The number of aliphatic hydroxyl groups is 1. The van der Waals surface area contributed by atoms with E-state index in [4.69, 9.17) is 15.9 Å². The van der Waals surface area contributed by atoms with Crippen molar-refractivity contribution in [3.8, 4) is 0 Å². The van der Waals surface area contributed by atoms with Gasteiger partial charge in [-0.15, -0.1) is 0 Å². The first kappa shape index (κ1) is 24.5. The molecule has 0 bridgehead atoms. The van der Waals surface area contributed by atoms with Gasteiger partial charge >= 0.3 is 11.9 Å². The van der Waals surface area contributed by atoms with E-state index in [1.54, 1.807) is 30.3 Å². The van der Waals surface area contributed by atoms with Crippen LogP contribution in [0.15, 0.2) is 30.3 Å². The van der Waals surface area contributed by atoms with Gasteiger partial charge in [-0.3, -0.25) is 19.2 Å². The molecule has 12 heteroatoms. The summed E-state index contributed by atoms with van der Waals surface area (Å²) in [4.78, 5) is 58.2. The third-order valence-corrected chi connectivity index (χ3v) is 3.88. The zero-order chi connectivity index (χ0) is 22.7. The van der Waals surface area contributed by atoms with E-state index in [1.807, 2.05) is 0 Å². The molecule has 0 aliphatic carbocycles. The number of hydrogen-bond donors (Lipinski definition) is 7. The lowest BCUT2D eigenvalue weighted by Crippen LogP contribution is -2.54. The molecule has 0 spiro atoms. The van der Waals surface area contributed by atoms with E-state index in [0.29, 0.717) is 5.56 Å². The number of carbonyl (C=O) groups excluding carboxylic acids is 3. The number of aliphatic carboxylic acids is 2. The Morgan fingerprint density at radius 2 is 1.57 bits per heavy atom. The molecule has 3 unspecified atom stereocenters. The lowest BCUT2D eigenvalue weighted by molar-refractivity contribution is -0.142. The molecule has 30 heavy (non-hydrogen) atoms. The van der Waals surface area contributed by atoms with Crippen molar-refractivity contribution in [1.82, 2.24) is 16.0 Å². The first-order valence-electron chi connectivity index (χ1n) is 8.86. The normalized spacial score (nSPS) is 13.4. The topological polar surface area (TPSA) is 208 Å². The van der Waals surface area contributed by atoms with E-state index < -0.39 is 67.4 Å². The Hall–Kier alpha value is -3.51. The van der Waals surface area contributed by atoms with E-state index in [0.717, 1.165) is 0 Å². The zero-order valence-corrected chi connectivity index (χ0v) is 15.9. The van der Waals surface area contributed by atoms with Gasteiger partial charge in [0, 0.05) is 6.42 Å². The minimum Gasteiger partial charge on any atom is -0.481 e. The molecule has 0 fully saturated rings. The van der Waals surface area contributed by atoms with Crippen LogP contribution in [0.2, 0.25) is 0 Å². The Morgan fingerprint density at radius 1 is 0.933 bits per heavy atom. The van der Waals surface area contributed by atoms with Gasteiger partial charge in [0.2, 0.25) is 17.7 Å². The fourth-order valence-corrected chi connectivity index (χ4v) is 2.33. The summed E-state index contributed by atoms with van der Waals surface area (Å²) in [5.74, 6) is -5.42. The van der Waals surface area contributed by atoms with E-state index in [-0.39, 0.29) is 6.42 Å². The molecule has 0 aliphatic heterocycles. The second-order valence-electron chi connectivity index (χ2n) is 6.31. The quantitative estimate of drug-likeness (QED) is 0.184. The molecule has 0 radical (unpaired) electrons. The number of carbonyl (C=O) groups is 5. The van der Waals surface area contributed by atoms with Crippen LogP contribution in [0, 0.1) is 0 Å². The average Bonchev–Trinajstić information content (AvgIpc) is 2.70. The number of carboxylic acid groups (broad SMARTS) is 2. The Labute approximate surface area is 171 Å². The molecule has 3 amide bonds. The van der Waals surface area contributed by atoms with Crippen molar-refractivity contribution in [2.24, 2.45) is 5.73 Å². The van der Waals surface area contributed by atoms with E-state index >= 15 is 0 Å². The van der Waals surface area contributed by atoms with Crippen LogP contribution < -0.4 is 21.7 Å². The summed E-state index contributed by atoms with van der Waals surface area (Å²) in [6.45, 7) is -1.36. The predicted molar refractivity (Wildman–Crippen MR) is 102 cm³/mol. The van der Waals surface area contributed by atoms with Crippen LogP contribution in [0.3, 0.4) is 0 Å². The molecular weight excluding hydrogens is 400 g/mol.